The van der Waals surface area contributed by atoms with E-state index in [0.717, 1.165) is 4.90 Å². The first-order chi connectivity index (χ1) is 12.5. The maximum Gasteiger partial charge on any atom is 0.417 e. The second-order valence-corrected chi connectivity index (χ2v) is 15.2. The quantitative estimate of drug-likeness (QED) is 0.446. The molecule has 0 aromatic rings. The van der Waals surface area contributed by atoms with Crippen LogP contribution in [0, 0.1) is 5.92 Å². The first-order valence-corrected chi connectivity index (χ1v) is 13.6. The Morgan fingerprint density at radius 2 is 1.86 bits per heavy atom. The zero-order valence-electron chi connectivity index (χ0n) is 18.2. The second-order valence-electron chi connectivity index (χ2n) is 9.56. The SMILES string of the molecule is CC(C)(C)OC(=O)N1CCC(C(CO[Si](C)(C)C(C)(C)C)OCS(=O)[O-])C1=O. The van der Waals surface area contributed by atoms with Gasteiger partial charge in [0.1, 0.15) is 11.5 Å². The van der Waals surface area contributed by atoms with Crippen LogP contribution >= 0.6 is 0 Å². The van der Waals surface area contributed by atoms with Crippen LogP contribution in [0.25, 0.3) is 0 Å². The summed E-state index contributed by atoms with van der Waals surface area (Å²) in [5.41, 5.74) is -0.712. The van der Waals surface area contributed by atoms with Crippen molar-refractivity contribution in [1.82, 2.24) is 4.90 Å². The van der Waals surface area contributed by atoms with Crippen LogP contribution in [0.15, 0.2) is 0 Å². The largest absolute Gasteiger partial charge is 0.771 e. The number of imide groups is 1. The fraction of sp³-hybridized carbons (Fsp3) is 0.889. The van der Waals surface area contributed by atoms with Gasteiger partial charge < -0.3 is 18.5 Å². The van der Waals surface area contributed by atoms with Gasteiger partial charge in [0.2, 0.25) is 5.91 Å². The second kappa shape index (κ2) is 9.33. The van der Waals surface area contributed by atoms with Crippen LogP contribution < -0.4 is 0 Å². The van der Waals surface area contributed by atoms with Gasteiger partial charge in [0, 0.05) is 6.54 Å². The molecule has 8 nitrogen and oxygen atoms in total. The summed E-state index contributed by atoms with van der Waals surface area (Å²) in [6, 6.07) is 0. The van der Waals surface area contributed by atoms with Gasteiger partial charge in [-0.3, -0.25) is 9.00 Å². The molecule has 28 heavy (non-hydrogen) atoms. The Bertz CT molecular complexity index is 598. The van der Waals surface area contributed by atoms with Crippen LogP contribution in [0.1, 0.15) is 48.0 Å². The van der Waals surface area contributed by atoms with Crippen LogP contribution in [0.3, 0.4) is 0 Å². The van der Waals surface area contributed by atoms with Crippen molar-refractivity contribution in [3.63, 3.8) is 0 Å². The third-order valence-corrected chi connectivity index (χ3v) is 9.93. The van der Waals surface area contributed by atoms with Crippen LogP contribution in [0.4, 0.5) is 4.79 Å². The molecule has 0 saturated carbocycles. The zero-order valence-corrected chi connectivity index (χ0v) is 20.0. The lowest BCUT2D eigenvalue weighted by molar-refractivity contribution is -0.135. The number of hydrogen-bond donors (Lipinski definition) is 0. The maximum absolute atomic E-state index is 12.8. The third kappa shape index (κ3) is 7.22. The molecule has 0 aromatic carbocycles. The predicted molar refractivity (Wildman–Crippen MR) is 108 cm³/mol. The lowest BCUT2D eigenvalue weighted by atomic mass is 10.0. The molecule has 0 aliphatic carbocycles. The molecule has 1 heterocycles. The Labute approximate surface area is 171 Å². The standard InChI is InChI=1S/C18H35NO7SSi/c1-17(2,3)26-16(21)19-10-9-13(15(19)20)14(24-12-27(22)23)11-25-28(7,8)18(4,5)6/h13-14H,9-12H2,1-8H3,(H,22,23)/p-1. The molecule has 0 aromatic heterocycles. The Kier molecular flexibility index (Phi) is 8.41. The van der Waals surface area contributed by atoms with Crippen LogP contribution in [-0.4, -0.2) is 64.8 Å². The van der Waals surface area contributed by atoms with Crippen LogP contribution in [0.2, 0.25) is 18.1 Å². The summed E-state index contributed by atoms with van der Waals surface area (Å²) < 4.78 is 38.8. The molecule has 10 heteroatoms. The third-order valence-electron chi connectivity index (χ3n) is 5.10. The fourth-order valence-corrected chi connectivity index (χ4v) is 3.78. The minimum atomic E-state index is -2.40. The lowest BCUT2D eigenvalue weighted by Crippen LogP contribution is -2.46. The van der Waals surface area contributed by atoms with Crippen LogP contribution in [-0.2, 0) is 29.8 Å². The summed E-state index contributed by atoms with van der Waals surface area (Å²) in [4.78, 5) is 26.1. The van der Waals surface area contributed by atoms with E-state index in [2.05, 4.69) is 33.9 Å². The number of ether oxygens (including phenoxy) is 2. The summed E-state index contributed by atoms with van der Waals surface area (Å²) in [5.74, 6) is -1.60. The van der Waals surface area contributed by atoms with Crippen molar-refractivity contribution < 1.29 is 32.3 Å². The Hall–Kier alpha value is -0.813. The number of carbonyl (C=O) groups is 2. The minimum absolute atomic E-state index is 0.0405. The molecule has 2 amide bonds. The van der Waals surface area contributed by atoms with Gasteiger partial charge in [-0.05, 0) is 56.4 Å². The van der Waals surface area contributed by atoms with E-state index in [9.17, 15) is 18.4 Å². The van der Waals surface area contributed by atoms with Gasteiger partial charge in [-0.2, -0.15) is 0 Å². The van der Waals surface area contributed by atoms with Gasteiger partial charge >= 0.3 is 6.09 Å². The number of hydrogen-bond acceptors (Lipinski definition) is 7. The Balaban J connectivity index is 2.89. The molecule has 0 spiro atoms. The van der Waals surface area contributed by atoms with Gasteiger partial charge in [-0.1, -0.05) is 20.8 Å². The smallest absolute Gasteiger partial charge is 0.417 e. The molecule has 164 valence electrons. The lowest BCUT2D eigenvalue weighted by Gasteiger charge is -2.37. The Morgan fingerprint density at radius 1 is 1.29 bits per heavy atom. The van der Waals surface area contributed by atoms with E-state index in [-0.39, 0.29) is 18.2 Å². The monoisotopic (exact) mass is 436 g/mol. The summed E-state index contributed by atoms with van der Waals surface area (Å²) in [5, 5.41) is -0.0405. The average molecular weight is 437 g/mol. The highest BCUT2D eigenvalue weighted by Crippen LogP contribution is 2.37. The summed E-state index contributed by atoms with van der Waals surface area (Å²) in [7, 11) is -2.12. The molecule has 1 rings (SSSR count). The van der Waals surface area contributed by atoms with Gasteiger partial charge in [0.25, 0.3) is 0 Å². The van der Waals surface area contributed by atoms with E-state index in [0.29, 0.717) is 6.42 Å². The van der Waals surface area contributed by atoms with Crippen LogP contribution in [0.5, 0.6) is 0 Å². The molecular weight excluding hydrogens is 402 g/mol. The molecule has 1 fully saturated rings. The number of likely N-dealkylation sites (tertiary alicyclic amines) is 1. The molecule has 1 aliphatic heterocycles. The van der Waals surface area contributed by atoms with E-state index in [1.807, 2.05) is 0 Å². The highest BCUT2D eigenvalue weighted by atomic mass is 32.2. The molecule has 1 aliphatic rings. The van der Waals surface area contributed by atoms with Crippen molar-refractivity contribution in [2.45, 2.75) is 77.8 Å². The molecule has 0 bridgehead atoms. The van der Waals surface area contributed by atoms with Crippen molar-refractivity contribution in [2.24, 2.45) is 5.92 Å². The number of nitrogens with zero attached hydrogens (tertiary/aromatic N) is 1. The Morgan fingerprint density at radius 3 is 2.32 bits per heavy atom. The van der Waals surface area contributed by atoms with Crippen molar-refractivity contribution in [3.05, 3.63) is 0 Å². The normalized spacial score (nSPS) is 21.0. The molecule has 1 saturated heterocycles. The summed E-state index contributed by atoms with van der Waals surface area (Å²) in [6.07, 6.45) is -1.07. The van der Waals surface area contributed by atoms with Gasteiger partial charge in [-0.25, -0.2) is 9.69 Å². The van der Waals surface area contributed by atoms with E-state index in [1.54, 1.807) is 20.8 Å². The molecular formula is C18H34NO7SSi-. The van der Waals surface area contributed by atoms with Crippen molar-refractivity contribution in [3.8, 4) is 0 Å². The van der Waals surface area contributed by atoms with Crippen molar-refractivity contribution >= 4 is 31.4 Å². The molecule has 3 atom stereocenters. The van der Waals surface area contributed by atoms with E-state index >= 15 is 0 Å². The summed E-state index contributed by atoms with van der Waals surface area (Å²) in [6.45, 7) is 15.9. The number of amides is 2. The van der Waals surface area contributed by atoms with E-state index in [1.165, 1.54) is 0 Å². The predicted octanol–water partition coefficient (Wildman–Crippen LogP) is 3.01. The molecule has 0 radical (unpaired) electrons. The number of rotatable bonds is 7. The maximum atomic E-state index is 12.8. The van der Waals surface area contributed by atoms with E-state index < -0.39 is 55.0 Å². The highest BCUT2D eigenvalue weighted by molar-refractivity contribution is 7.78. The minimum Gasteiger partial charge on any atom is -0.771 e. The van der Waals surface area contributed by atoms with Crippen molar-refractivity contribution in [1.29, 1.82) is 0 Å². The average Bonchev–Trinajstić information content (AvgIpc) is 2.86. The highest BCUT2D eigenvalue weighted by Gasteiger charge is 2.44. The molecule has 0 N–H and O–H groups in total. The zero-order chi connectivity index (χ0) is 21.9. The topological polar surface area (TPSA) is 105 Å². The first-order valence-electron chi connectivity index (χ1n) is 9.41. The first kappa shape index (κ1) is 25.2. The number of carbonyl (C=O) groups excluding carboxylic acids is 2. The molecule has 3 unspecified atom stereocenters. The fourth-order valence-electron chi connectivity index (χ4n) is 2.48. The van der Waals surface area contributed by atoms with Gasteiger partial charge in [0.15, 0.2) is 8.32 Å². The van der Waals surface area contributed by atoms with Gasteiger partial charge in [-0.15, -0.1) is 0 Å². The van der Waals surface area contributed by atoms with Crippen molar-refractivity contribution in [2.75, 3.05) is 19.1 Å². The summed E-state index contributed by atoms with van der Waals surface area (Å²) >= 11 is -2.40. The van der Waals surface area contributed by atoms with E-state index in [4.69, 9.17) is 13.9 Å². The van der Waals surface area contributed by atoms with Gasteiger partial charge in [0.05, 0.1) is 18.6 Å².